The summed E-state index contributed by atoms with van der Waals surface area (Å²) in [6, 6.07) is 3.01. The van der Waals surface area contributed by atoms with Crippen LogP contribution < -0.4 is 5.32 Å². The van der Waals surface area contributed by atoms with Gasteiger partial charge in [0.05, 0.1) is 11.9 Å². The van der Waals surface area contributed by atoms with Gasteiger partial charge in [-0.2, -0.15) is 9.49 Å². The molecular weight excluding hydrogens is 426 g/mol. The number of piperidine rings is 1. The molecule has 164 valence electrons. The van der Waals surface area contributed by atoms with Crippen molar-refractivity contribution in [2.24, 2.45) is 13.0 Å². The van der Waals surface area contributed by atoms with Crippen LogP contribution in [0.5, 0.6) is 0 Å². The molecule has 1 N–H and O–H groups in total. The number of amides is 2. The Morgan fingerprint density at radius 1 is 1.33 bits per heavy atom. The van der Waals surface area contributed by atoms with Crippen molar-refractivity contribution >= 4 is 22.5 Å². The average Bonchev–Trinajstić information content (AvgIpc) is 3.11. The maximum absolute atomic E-state index is 15.5. The number of anilines is 1. The maximum Gasteiger partial charge on any atom is 0.321 e. The molecule has 0 spiro atoms. The maximum atomic E-state index is 15.5. The van der Waals surface area contributed by atoms with Crippen molar-refractivity contribution in [1.82, 2.24) is 19.7 Å². The van der Waals surface area contributed by atoms with E-state index in [9.17, 15) is 22.2 Å². The number of likely N-dealkylation sites (tertiary alicyclic amines) is 1. The lowest BCUT2D eigenvalue weighted by Gasteiger charge is -2.37. The van der Waals surface area contributed by atoms with Gasteiger partial charge in [-0.3, -0.25) is 4.68 Å². The van der Waals surface area contributed by atoms with Crippen LogP contribution >= 0.6 is 0 Å². The van der Waals surface area contributed by atoms with E-state index >= 15 is 4.39 Å². The SMILES string of the molecule is Cn1nc(C(F)F)cc1S(=O)C(C)(F)C1CCN(C(=O)Nc2ccc(F)nc2)CC1. The van der Waals surface area contributed by atoms with Gasteiger partial charge in [-0.05, 0) is 31.9 Å². The monoisotopic (exact) mass is 447 g/mol. The molecule has 30 heavy (non-hydrogen) atoms. The van der Waals surface area contributed by atoms with Crippen LogP contribution in [0.15, 0.2) is 29.4 Å². The van der Waals surface area contributed by atoms with Crippen molar-refractivity contribution in [3.05, 3.63) is 36.0 Å². The lowest BCUT2D eigenvalue weighted by atomic mass is 9.92. The Morgan fingerprint density at radius 2 is 2.00 bits per heavy atom. The van der Waals surface area contributed by atoms with Gasteiger partial charge in [-0.1, -0.05) is 0 Å². The summed E-state index contributed by atoms with van der Waals surface area (Å²) in [5, 5.41) is 3.88. The highest BCUT2D eigenvalue weighted by Crippen LogP contribution is 2.37. The average molecular weight is 447 g/mol. The largest absolute Gasteiger partial charge is 0.325 e. The number of aryl methyl sites for hydroxylation is 1. The fraction of sp³-hybridized carbons (Fsp3) is 0.500. The molecule has 2 aromatic rings. The molecule has 3 heterocycles. The van der Waals surface area contributed by atoms with E-state index in [0.29, 0.717) is 5.69 Å². The molecule has 0 radical (unpaired) electrons. The molecule has 0 aliphatic carbocycles. The van der Waals surface area contributed by atoms with Crippen molar-refractivity contribution in [3.8, 4) is 0 Å². The third-order valence-electron chi connectivity index (χ3n) is 5.12. The van der Waals surface area contributed by atoms with E-state index in [4.69, 9.17) is 0 Å². The van der Waals surface area contributed by atoms with Crippen LogP contribution in [-0.2, 0) is 17.8 Å². The van der Waals surface area contributed by atoms with Crippen LogP contribution in [0, 0.1) is 11.9 Å². The zero-order chi connectivity index (χ0) is 22.1. The van der Waals surface area contributed by atoms with Gasteiger partial charge in [0.1, 0.15) is 21.5 Å². The number of aromatic nitrogens is 3. The Labute approximate surface area is 172 Å². The van der Waals surface area contributed by atoms with Gasteiger partial charge in [-0.25, -0.2) is 27.2 Å². The summed E-state index contributed by atoms with van der Waals surface area (Å²) in [4.78, 5) is 17.3. The van der Waals surface area contributed by atoms with Crippen LogP contribution in [0.3, 0.4) is 0 Å². The molecule has 2 atom stereocenters. The quantitative estimate of drug-likeness (QED) is 0.561. The van der Waals surface area contributed by atoms with Gasteiger partial charge in [-0.15, -0.1) is 0 Å². The minimum atomic E-state index is -2.84. The zero-order valence-corrected chi connectivity index (χ0v) is 17.1. The molecule has 12 heteroatoms. The zero-order valence-electron chi connectivity index (χ0n) is 16.3. The van der Waals surface area contributed by atoms with Gasteiger partial charge in [0, 0.05) is 32.1 Å². The Balaban J connectivity index is 1.62. The second-order valence-electron chi connectivity index (χ2n) is 7.15. The summed E-state index contributed by atoms with van der Waals surface area (Å²) in [6.45, 7) is 1.62. The fourth-order valence-electron chi connectivity index (χ4n) is 3.36. The molecule has 0 saturated carbocycles. The molecule has 3 rings (SSSR count). The van der Waals surface area contributed by atoms with E-state index in [1.807, 2.05) is 0 Å². The minimum Gasteiger partial charge on any atom is -0.325 e. The number of pyridine rings is 1. The number of halogens is 4. The molecule has 1 aliphatic heterocycles. The first-order chi connectivity index (χ1) is 14.1. The van der Waals surface area contributed by atoms with Gasteiger partial charge in [0.25, 0.3) is 6.43 Å². The van der Waals surface area contributed by atoms with Crippen LogP contribution in [0.25, 0.3) is 0 Å². The van der Waals surface area contributed by atoms with E-state index in [1.54, 1.807) is 0 Å². The van der Waals surface area contributed by atoms with Crippen LogP contribution in [-0.4, -0.2) is 48.0 Å². The first-order valence-corrected chi connectivity index (χ1v) is 10.3. The topological polar surface area (TPSA) is 80.1 Å². The summed E-state index contributed by atoms with van der Waals surface area (Å²) in [6.07, 6.45) is -1.17. The van der Waals surface area contributed by atoms with Crippen molar-refractivity contribution in [2.45, 2.75) is 36.2 Å². The molecule has 0 aromatic carbocycles. The summed E-state index contributed by atoms with van der Waals surface area (Å²) < 4.78 is 67.8. The van der Waals surface area contributed by atoms with E-state index in [1.165, 1.54) is 31.1 Å². The number of hydrogen-bond acceptors (Lipinski definition) is 4. The summed E-state index contributed by atoms with van der Waals surface area (Å²) >= 11 is 0. The Morgan fingerprint density at radius 3 is 2.53 bits per heavy atom. The lowest BCUT2D eigenvalue weighted by molar-refractivity contribution is 0.120. The van der Waals surface area contributed by atoms with Crippen LogP contribution in [0.1, 0.15) is 31.9 Å². The van der Waals surface area contributed by atoms with Crippen LogP contribution in [0.2, 0.25) is 0 Å². The number of nitrogens with one attached hydrogen (secondary N) is 1. The second kappa shape index (κ2) is 8.70. The number of urea groups is 1. The number of nitrogens with zero attached hydrogens (tertiary/aromatic N) is 4. The molecule has 1 saturated heterocycles. The number of carbonyl (C=O) groups is 1. The highest BCUT2D eigenvalue weighted by molar-refractivity contribution is 7.86. The number of rotatable bonds is 5. The van der Waals surface area contributed by atoms with Crippen molar-refractivity contribution in [2.75, 3.05) is 18.4 Å². The normalized spacial score (nSPS) is 18.3. The van der Waals surface area contributed by atoms with Crippen LogP contribution in [0.4, 0.5) is 28.0 Å². The standard InChI is InChI=1S/C18H21F4N5O2S/c1-18(22,30(29)15-9-13(16(20)21)25-26(15)2)11-5-7-27(8-6-11)17(28)24-12-3-4-14(19)23-10-12/h3-4,9-11,16H,5-8H2,1-2H3,(H,24,28). The summed E-state index contributed by atoms with van der Waals surface area (Å²) in [5.74, 6) is -1.31. The van der Waals surface area contributed by atoms with E-state index in [0.717, 1.165) is 16.8 Å². The predicted molar refractivity (Wildman–Crippen MR) is 102 cm³/mol. The van der Waals surface area contributed by atoms with Gasteiger partial charge < -0.3 is 10.2 Å². The highest BCUT2D eigenvalue weighted by Gasteiger charge is 2.44. The molecule has 1 aliphatic rings. The Hall–Kier alpha value is -2.50. The lowest BCUT2D eigenvalue weighted by Crippen LogP contribution is -2.46. The third-order valence-corrected chi connectivity index (χ3v) is 6.94. The van der Waals surface area contributed by atoms with Crippen molar-refractivity contribution in [3.63, 3.8) is 0 Å². The van der Waals surface area contributed by atoms with E-state index in [-0.39, 0.29) is 31.0 Å². The first-order valence-electron chi connectivity index (χ1n) is 9.20. The highest BCUT2D eigenvalue weighted by atomic mass is 32.2. The molecule has 0 bridgehead atoms. The Kier molecular flexibility index (Phi) is 6.44. The molecule has 7 nitrogen and oxygen atoms in total. The summed E-state index contributed by atoms with van der Waals surface area (Å²) in [7, 11) is -0.877. The van der Waals surface area contributed by atoms with Gasteiger partial charge in [0.15, 0.2) is 5.00 Å². The number of alkyl halides is 3. The molecular formula is C18H21F4N5O2S. The third kappa shape index (κ3) is 4.63. The summed E-state index contributed by atoms with van der Waals surface area (Å²) in [5.41, 5.74) is -0.232. The molecule has 2 unspecified atom stereocenters. The second-order valence-corrected chi connectivity index (χ2v) is 8.90. The fourth-order valence-corrected chi connectivity index (χ4v) is 4.81. The number of carbonyl (C=O) groups excluding carboxylic acids is 1. The smallest absolute Gasteiger partial charge is 0.321 e. The number of hydrogen-bond donors (Lipinski definition) is 1. The molecule has 2 aromatic heterocycles. The molecule has 2 amide bonds. The Bertz CT molecular complexity index is 927. The minimum absolute atomic E-state index is 0.112. The molecule has 1 fully saturated rings. The van der Waals surface area contributed by atoms with Gasteiger partial charge in [0.2, 0.25) is 5.95 Å². The van der Waals surface area contributed by atoms with Crippen molar-refractivity contribution < 1.29 is 26.6 Å². The van der Waals surface area contributed by atoms with Crippen molar-refractivity contribution in [1.29, 1.82) is 0 Å². The van der Waals surface area contributed by atoms with E-state index in [2.05, 4.69) is 15.4 Å². The predicted octanol–water partition coefficient (Wildman–Crippen LogP) is 3.63. The first kappa shape index (κ1) is 22.2. The van der Waals surface area contributed by atoms with Gasteiger partial charge >= 0.3 is 6.03 Å². The van der Waals surface area contributed by atoms with E-state index < -0.39 is 45.8 Å².